The molecule has 2 nitrogen and oxygen atoms in total. The lowest BCUT2D eigenvalue weighted by atomic mass is 10.0. The predicted molar refractivity (Wildman–Crippen MR) is 82.8 cm³/mol. The van der Waals surface area contributed by atoms with Gasteiger partial charge in [0.2, 0.25) is 0 Å². The van der Waals surface area contributed by atoms with Gasteiger partial charge in [-0.15, -0.1) is 0 Å². The molecule has 0 spiro atoms. The van der Waals surface area contributed by atoms with Gasteiger partial charge in [-0.1, -0.05) is 0 Å². The number of nitrogens with one attached hydrogen (secondary N) is 1. The van der Waals surface area contributed by atoms with Crippen molar-refractivity contribution in [2.75, 3.05) is 5.73 Å². The van der Waals surface area contributed by atoms with Gasteiger partial charge in [-0.05, 0) is 47.5 Å². The lowest BCUT2D eigenvalue weighted by Crippen LogP contribution is -2.17. The molecule has 0 amide bonds. The zero-order chi connectivity index (χ0) is 21.3. The highest BCUT2D eigenvalue weighted by Crippen LogP contribution is 2.36. The van der Waals surface area contributed by atoms with Crippen molar-refractivity contribution >= 4 is 5.69 Å². The number of benzene rings is 2. The van der Waals surface area contributed by atoms with Crippen LogP contribution in [0.25, 0.3) is 0 Å². The number of nitrogens with two attached hydrogens (primary N) is 1. The smallest absolute Gasteiger partial charge is 0.398 e. The van der Waals surface area contributed by atoms with Gasteiger partial charge in [0.25, 0.3) is 0 Å². The van der Waals surface area contributed by atoms with Crippen molar-refractivity contribution in [2.24, 2.45) is 0 Å². The summed E-state index contributed by atoms with van der Waals surface area (Å²) in [5.41, 5.74) is 1.33. The summed E-state index contributed by atoms with van der Waals surface area (Å²) in [6.45, 7) is -0.726. The second-order valence-corrected chi connectivity index (χ2v) is 5.93. The molecule has 0 atom stereocenters. The largest absolute Gasteiger partial charge is 0.416 e. The van der Waals surface area contributed by atoms with Crippen LogP contribution in [0.2, 0.25) is 0 Å². The minimum atomic E-state index is -4.98. The van der Waals surface area contributed by atoms with Gasteiger partial charge in [0, 0.05) is 18.8 Å². The quantitative estimate of drug-likeness (QED) is 0.502. The average molecular weight is 416 g/mol. The van der Waals surface area contributed by atoms with Crippen LogP contribution in [0.15, 0.2) is 36.4 Å². The predicted octanol–water partition coefficient (Wildman–Crippen LogP) is 5.62. The minimum absolute atomic E-state index is 0.000484. The number of halogens is 9. The van der Waals surface area contributed by atoms with Crippen molar-refractivity contribution in [2.45, 2.75) is 31.6 Å². The van der Waals surface area contributed by atoms with E-state index in [1.807, 2.05) is 0 Å². The molecule has 0 aliphatic carbocycles. The Balaban J connectivity index is 2.21. The highest BCUT2D eigenvalue weighted by atomic mass is 19.4. The molecular formula is C17H13F9N2. The Morgan fingerprint density at radius 1 is 0.643 bits per heavy atom. The Kier molecular flexibility index (Phi) is 5.88. The van der Waals surface area contributed by atoms with Gasteiger partial charge in [-0.3, -0.25) is 0 Å². The number of anilines is 1. The molecule has 2 aromatic carbocycles. The van der Waals surface area contributed by atoms with Crippen molar-refractivity contribution in [1.29, 1.82) is 0 Å². The Bertz CT molecular complexity index is 804. The van der Waals surface area contributed by atoms with Gasteiger partial charge < -0.3 is 11.1 Å². The van der Waals surface area contributed by atoms with E-state index in [9.17, 15) is 39.5 Å². The molecule has 28 heavy (non-hydrogen) atoms. The Morgan fingerprint density at radius 2 is 1.14 bits per heavy atom. The maximum Gasteiger partial charge on any atom is 0.416 e. The fraction of sp³-hybridized carbons (Fsp3) is 0.294. The first-order valence-corrected chi connectivity index (χ1v) is 7.62. The molecule has 0 saturated heterocycles. The van der Waals surface area contributed by atoms with Crippen molar-refractivity contribution in [1.82, 2.24) is 5.32 Å². The average Bonchev–Trinajstić information content (AvgIpc) is 2.53. The number of alkyl halides is 9. The molecule has 0 unspecified atom stereocenters. The zero-order valence-electron chi connectivity index (χ0n) is 13.9. The van der Waals surface area contributed by atoms with Crippen LogP contribution < -0.4 is 11.1 Å². The summed E-state index contributed by atoms with van der Waals surface area (Å²) in [6, 6.07) is 3.62. The highest BCUT2D eigenvalue weighted by Gasteiger charge is 2.36. The maximum absolute atomic E-state index is 12.8. The van der Waals surface area contributed by atoms with Crippen LogP contribution >= 0.6 is 0 Å². The number of rotatable bonds is 4. The van der Waals surface area contributed by atoms with Crippen LogP contribution in [-0.2, 0) is 31.6 Å². The van der Waals surface area contributed by atoms with E-state index in [-0.39, 0.29) is 29.4 Å². The van der Waals surface area contributed by atoms with Gasteiger partial charge in [0.15, 0.2) is 0 Å². The lowest BCUT2D eigenvalue weighted by molar-refractivity contribution is -0.143. The first-order chi connectivity index (χ1) is 12.7. The normalized spacial score (nSPS) is 13.0. The summed E-state index contributed by atoms with van der Waals surface area (Å²) in [5, 5.41) is 2.51. The summed E-state index contributed by atoms with van der Waals surface area (Å²) in [5.74, 6) is 0. The molecule has 2 rings (SSSR count). The van der Waals surface area contributed by atoms with E-state index < -0.39 is 41.8 Å². The fourth-order valence-corrected chi connectivity index (χ4v) is 2.40. The van der Waals surface area contributed by atoms with Crippen molar-refractivity contribution in [3.63, 3.8) is 0 Å². The van der Waals surface area contributed by atoms with E-state index in [1.165, 1.54) is 0 Å². The van der Waals surface area contributed by atoms with E-state index in [0.717, 1.165) is 18.2 Å². The van der Waals surface area contributed by atoms with Crippen LogP contribution in [0.1, 0.15) is 27.8 Å². The molecule has 0 bridgehead atoms. The lowest BCUT2D eigenvalue weighted by Gasteiger charge is -2.15. The summed E-state index contributed by atoms with van der Waals surface area (Å²) in [6.07, 6.45) is -14.6. The standard InChI is InChI=1S/C17H13F9N2/c18-15(19,20)11-1-2-14(27)10(5-11)8-28-7-9-3-12(16(21,22)23)6-13(4-9)17(24,25)26/h1-6,28H,7-8,27H2. The first-order valence-electron chi connectivity index (χ1n) is 7.62. The maximum atomic E-state index is 12.8. The van der Waals surface area contributed by atoms with Crippen molar-refractivity contribution < 1.29 is 39.5 Å². The molecule has 0 fully saturated rings. The van der Waals surface area contributed by atoms with Gasteiger partial charge in [0.1, 0.15) is 0 Å². The third kappa shape index (κ3) is 5.54. The van der Waals surface area contributed by atoms with Crippen molar-refractivity contribution in [3.05, 3.63) is 64.2 Å². The third-order valence-electron chi connectivity index (χ3n) is 3.76. The SMILES string of the molecule is Nc1ccc(C(F)(F)F)cc1CNCc1cc(C(F)(F)F)cc(C(F)(F)F)c1. The second kappa shape index (κ2) is 7.53. The molecule has 11 heteroatoms. The summed E-state index contributed by atoms with van der Waals surface area (Å²) in [4.78, 5) is 0. The van der Waals surface area contributed by atoms with Crippen molar-refractivity contribution in [3.8, 4) is 0 Å². The van der Waals surface area contributed by atoms with Crippen LogP contribution in [0.3, 0.4) is 0 Å². The van der Waals surface area contributed by atoms with Gasteiger partial charge in [-0.25, -0.2) is 0 Å². The summed E-state index contributed by atoms with van der Waals surface area (Å²) >= 11 is 0. The Hall–Kier alpha value is -2.43. The van der Waals surface area contributed by atoms with Gasteiger partial charge in [-0.2, -0.15) is 39.5 Å². The molecular weight excluding hydrogens is 403 g/mol. The number of hydrogen-bond acceptors (Lipinski definition) is 2. The van der Waals surface area contributed by atoms with Gasteiger partial charge in [0.05, 0.1) is 16.7 Å². The third-order valence-corrected chi connectivity index (χ3v) is 3.76. The molecule has 0 aromatic heterocycles. The summed E-state index contributed by atoms with van der Waals surface area (Å²) in [7, 11) is 0. The molecule has 0 heterocycles. The molecule has 0 radical (unpaired) electrons. The van der Waals surface area contributed by atoms with Crippen LogP contribution in [-0.4, -0.2) is 0 Å². The molecule has 0 saturated carbocycles. The second-order valence-electron chi connectivity index (χ2n) is 5.93. The molecule has 2 aromatic rings. The molecule has 0 aliphatic rings. The summed E-state index contributed by atoms with van der Waals surface area (Å²) < 4.78 is 115. The first kappa shape index (κ1) is 21.9. The monoisotopic (exact) mass is 416 g/mol. The number of nitrogen functional groups attached to an aromatic ring is 1. The number of hydrogen-bond donors (Lipinski definition) is 2. The molecule has 0 aliphatic heterocycles. The van der Waals surface area contributed by atoms with E-state index >= 15 is 0 Å². The van der Waals surface area contributed by atoms with Gasteiger partial charge >= 0.3 is 18.5 Å². The minimum Gasteiger partial charge on any atom is -0.398 e. The Morgan fingerprint density at radius 3 is 1.61 bits per heavy atom. The highest BCUT2D eigenvalue weighted by molar-refractivity contribution is 5.49. The van der Waals surface area contributed by atoms with E-state index in [0.29, 0.717) is 12.1 Å². The topological polar surface area (TPSA) is 38.0 Å². The molecule has 154 valence electrons. The van der Waals surface area contributed by atoms with E-state index in [1.54, 1.807) is 0 Å². The van der Waals surface area contributed by atoms with Crippen LogP contribution in [0.5, 0.6) is 0 Å². The van der Waals surface area contributed by atoms with E-state index in [2.05, 4.69) is 5.32 Å². The fourth-order valence-electron chi connectivity index (χ4n) is 2.40. The molecule has 3 N–H and O–H groups in total. The van der Waals surface area contributed by atoms with E-state index in [4.69, 9.17) is 5.73 Å². The van der Waals surface area contributed by atoms with Crippen LogP contribution in [0, 0.1) is 0 Å². The Labute approximate surface area is 153 Å². The van der Waals surface area contributed by atoms with Crippen LogP contribution in [0.4, 0.5) is 45.2 Å². The zero-order valence-corrected chi connectivity index (χ0v) is 13.9.